The minimum Gasteiger partial charge on any atom is -0.497 e. The Hall–Kier alpha value is -2.30. The number of benzene rings is 1. The molecular formula is C17H23NO4. The molecule has 0 saturated carbocycles. The molecule has 0 aliphatic carbocycles. The van der Waals surface area contributed by atoms with E-state index in [1.807, 2.05) is 6.92 Å². The summed E-state index contributed by atoms with van der Waals surface area (Å²) in [6.07, 6.45) is 0.512. The fourth-order valence-electron chi connectivity index (χ4n) is 2.22. The zero-order chi connectivity index (χ0) is 16.7. The predicted octanol–water partition coefficient (Wildman–Crippen LogP) is 3.15. The Balaban J connectivity index is 3.09. The van der Waals surface area contributed by atoms with Gasteiger partial charge in [-0.1, -0.05) is 13.5 Å². The summed E-state index contributed by atoms with van der Waals surface area (Å²) in [5, 5.41) is 0. The van der Waals surface area contributed by atoms with Crippen LogP contribution in [0.1, 0.15) is 27.2 Å². The van der Waals surface area contributed by atoms with Gasteiger partial charge >= 0.3 is 5.97 Å². The molecule has 1 rings (SSSR count). The summed E-state index contributed by atoms with van der Waals surface area (Å²) in [5.74, 6) is -0.436. The Bertz CT molecular complexity index is 536. The van der Waals surface area contributed by atoms with Gasteiger partial charge in [0, 0.05) is 18.3 Å². The van der Waals surface area contributed by atoms with Gasteiger partial charge in [0.25, 0.3) is 0 Å². The van der Waals surface area contributed by atoms with Gasteiger partial charge in [0.05, 0.1) is 19.6 Å². The highest BCUT2D eigenvalue weighted by molar-refractivity contribution is 5.96. The lowest BCUT2D eigenvalue weighted by Crippen LogP contribution is -2.34. The Morgan fingerprint density at radius 3 is 2.23 bits per heavy atom. The average molecular weight is 305 g/mol. The SMILES string of the molecule is C=C(C(CC)C(=O)OCC)N(C(C)=O)c1ccc(OC)cc1. The highest BCUT2D eigenvalue weighted by Gasteiger charge is 2.28. The van der Waals surface area contributed by atoms with E-state index in [1.165, 1.54) is 11.8 Å². The second-order valence-corrected chi connectivity index (χ2v) is 4.76. The molecule has 1 aromatic carbocycles. The van der Waals surface area contributed by atoms with Gasteiger partial charge in [-0.3, -0.25) is 14.5 Å². The van der Waals surface area contributed by atoms with Crippen LogP contribution in [0.25, 0.3) is 0 Å². The van der Waals surface area contributed by atoms with Crippen molar-refractivity contribution in [1.29, 1.82) is 0 Å². The van der Waals surface area contributed by atoms with Gasteiger partial charge in [-0.05, 0) is 37.6 Å². The van der Waals surface area contributed by atoms with Crippen LogP contribution in [0, 0.1) is 5.92 Å². The van der Waals surface area contributed by atoms with Crippen molar-refractivity contribution < 1.29 is 19.1 Å². The number of amides is 1. The number of esters is 1. The van der Waals surface area contributed by atoms with Crippen LogP contribution in [0.15, 0.2) is 36.5 Å². The van der Waals surface area contributed by atoms with E-state index in [4.69, 9.17) is 9.47 Å². The summed E-state index contributed by atoms with van der Waals surface area (Å²) < 4.78 is 10.2. The molecule has 0 saturated heterocycles. The van der Waals surface area contributed by atoms with Crippen LogP contribution in [0.5, 0.6) is 5.75 Å². The molecule has 0 spiro atoms. The second-order valence-electron chi connectivity index (χ2n) is 4.76. The van der Waals surface area contributed by atoms with Crippen molar-refractivity contribution in [3.63, 3.8) is 0 Å². The Morgan fingerprint density at radius 1 is 1.23 bits per heavy atom. The van der Waals surface area contributed by atoms with Crippen molar-refractivity contribution in [2.24, 2.45) is 5.92 Å². The quantitative estimate of drug-likeness (QED) is 0.726. The molecule has 0 bridgehead atoms. The molecule has 120 valence electrons. The van der Waals surface area contributed by atoms with E-state index in [1.54, 1.807) is 38.3 Å². The van der Waals surface area contributed by atoms with E-state index in [0.717, 1.165) is 0 Å². The van der Waals surface area contributed by atoms with Crippen LogP contribution in [-0.4, -0.2) is 25.6 Å². The van der Waals surface area contributed by atoms with Gasteiger partial charge in [-0.25, -0.2) is 0 Å². The third-order valence-corrected chi connectivity index (χ3v) is 3.31. The third-order valence-electron chi connectivity index (χ3n) is 3.31. The maximum absolute atomic E-state index is 12.0. The van der Waals surface area contributed by atoms with Crippen molar-refractivity contribution in [3.05, 3.63) is 36.5 Å². The van der Waals surface area contributed by atoms with Crippen LogP contribution in [0.3, 0.4) is 0 Å². The van der Waals surface area contributed by atoms with E-state index < -0.39 is 5.92 Å². The maximum Gasteiger partial charge on any atom is 0.314 e. The average Bonchev–Trinajstić information content (AvgIpc) is 2.48. The number of rotatable bonds is 7. The number of hydrogen-bond acceptors (Lipinski definition) is 4. The summed E-state index contributed by atoms with van der Waals surface area (Å²) in [6.45, 7) is 9.29. The van der Waals surface area contributed by atoms with Gasteiger partial charge in [0.2, 0.25) is 5.91 Å². The van der Waals surface area contributed by atoms with Crippen LogP contribution < -0.4 is 9.64 Å². The largest absolute Gasteiger partial charge is 0.497 e. The minimum atomic E-state index is -0.550. The maximum atomic E-state index is 12.0. The van der Waals surface area contributed by atoms with E-state index in [2.05, 4.69) is 6.58 Å². The number of hydrogen-bond donors (Lipinski definition) is 0. The highest BCUT2D eigenvalue weighted by Crippen LogP contribution is 2.27. The molecule has 22 heavy (non-hydrogen) atoms. The van der Waals surface area contributed by atoms with Crippen LogP contribution in [0.2, 0.25) is 0 Å². The molecule has 0 aliphatic rings. The lowest BCUT2D eigenvalue weighted by atomic mass is 10.0. The summed E-state index contributed by atoms with van der Waals surface area (Å²) in [6, 6.07) is 7.01. The lowest BCUT2D eigenvalue weighted by molar-refractivity contribution is -0.146. The molecule has 5 heteroatoms. The zero-order valence-corrected chi connectivity index (χ0v) is 13.6. The number of methoxy groups -OCH3 is 1. The van der Waals surface area contributed by atoms with Crippen molar-refractivity contribution >= 4 is 17.6 Å². The number of carbonyl (C=O) groups excluding carboxylic acids is 2. The van der Waals surface area contributed by atoms with E-state index in [0.29, 0.717) is 30.2 Å². The van der Waals surface area contributed by atoms with Gasteiger partial charge in [-0.2, -0.15) is 0 Å². The van der Waals surface area contributed by atoms with Crippen molar-refractivity contribution in [2.45, 2.75) is 27.2 Å². The first-order valence-electron chi connectivity index (χ1n) is 7.26. The molecule has 5 nitrogen and oxygen atoms in total. The Morgan fingerprint density at radius 2 is 1.82 bits per heavy atom. The monoisotopic (exact) mass is 305 g/mol. The van der Waals surface area contributed by atoms with E-state index >= 15 is 0 Å². The number of carbonyl (C=O) groups is 2. The second kappa shape index (κ2) is 8.22. The molecule has 0 N–H and O–H groups in total. The molecule has 0 fully saturated rings. The molecule has 1 unspecified atom stereocenters. The molecule has 0 aliphatic heterocycles. The predicted molar refractivity (Wildman–Crippen MR) is 85.7 cm³/mol. The smallest absolute Gasteiger partial charge is 0.314 e. The molecule has 1 amide bonds. The topological polar surface area (TPSA) is 55.8 Å². The normalized spacial score (nSPS) is 11.5. The first-order valence-corrected chi connectivity index (χ1v) is 7.26. The standard InChI is InChI=1S/C17H23NO4/c1-6-16(17(20)22-7-2)12(3)18(13(4)19)14-8-10-15(21-5)11-9-14/h8-11,16H,3,6-7H2,1-2,4-5H3. The first-order chi connectivity index (χ1) is 10.5. The van der Waals surface area contributed by atoms with Crippen molar-refractivity contribution in [3.8, 4) is 5.75 Å². The number of nitrogens with zero attached hydrogens (tertiary/aromatic N) is 1. The van der Waals surface area contributed by atoms with Crippen LogP contribution in [-0.2, 0) is 14.3 Å². The fraction of sp³-hybridized carbons (Fsp3) is 0.412. The number of anilines is 1. The highest BCUT2D eigenvalue weighted by atomic mass is 16.5. The first kappa shape index (κ1) is 17.8. The van der Waals surface area contributed by atoms with Crippen LogP contribution in [0.4, 0.5) is 5.69 Å². The summed E-state index contributed by atoms with van der Waals surface area (Å²) in [5.41, 5.74) is 1.06. The van der Waals surface area contributed by atoms with Gasteiger partial charge < -0.3 is 9.47 Å². The molecule has 1 atom stereocenters. The molecule has 0 radical (unpaired) electrons. The summed E-state index contributed by atoms with van der Waals surface area (Å²) >= 11 is 0. The third kappa shape index (κ3) is 4.10. The van der Waals surface area contributed by atoms with Gasteiger partial charge in [0.15, 0.2) is 0 Å². The van der Waals surface area contributed by atoms with E-state index in [-0.39, 0.29) is 11.9 Å². The Labute approximate surface area is 131 Å². The lowest BCUT2D eigenvalue weighted by Gasteiger charge is -2.28. The van der Waals surface area contributed by atoms with E-state index in [9.17, 15) is 9.59 Å². The Kier molecular flexibility index (Phi) is 6.63. The van der Waals surface area contributed by atoms with Gasteiger partial charge in [0.1, 0.15) is 5.75 Å². The molecular weight excluding hydrogens is 282 g/mol. The van der Waals surface area contributed by atoms with Gasteiger partial charge in [-0.15, -0.1) is 0 Å². The minimum absolute atomic E-state index is 0.210. The number of ether oxygens (including phenoxy) is 2. The summed E-state index contributed by atoms with van der Waals surface area (Å²) in [7, 11) is 1.57. The fourth-order valence-corrected chi connectivity index (χ4v) is 2.22. The molecule has 0 aromatic heterocycles. The van der Waals surface area contributed by atoms with Crippen LogP contribution >= 0.6 is 0 Å². The summed E-state index contributed by atoms with van der Waals surface area (Å²) in [4.78, 5) is 25.5. The molecule has 1 aromatic rings. The van der Waals surface area contributed by atoms with Crippen molar-refractivity contribution in [1.82, 2.24) is 0 Å². The molecule has 0 heterocycles. The van der Waals surface area contributed by atoms with Crippen molar-refractivity contribution in [2.75, 3.05) is 18.6 Å². The zero-order valence-electron chi connectivity index (χ0n) is 13.6.